The fraction of sp³-hybridized carbons (Fsp3) is 0.867. The first-order chi connectivity index (χ1) is 10.2. The average molecular weight is 293 g/mol. The lowest BCUT2D eigenvalue weighted by Gasteiger charge is -2.38. The number of nitrogens with one attached hydrogen (secondary N) is 1. The van der Waals surface area contributed by atoms with E-state index >= 15 is 0 Å². The van der Waals surface area contributed by atoms with Crippen molar-refractivity contribution in [2.45, 2.75) is 51.6 Å². The number of ether oxygens (including phenoxy) is 1. The van der Waals surface area contributed by atoms with Crippen LogP contribution in [0.5, 0.6) is 0 Å². The molecule has 0 saturated carbocycles. The summed E-state index contributed by atoms with van der Waals surface area (Å²) >= 11 is 0. The van der Waals surface area contributed by atoms with Crippen LogP contribution in [0, 0.1) is 5.41 Å². The van der Waals surface area contributed by atoms with Gasteiger partial charge in [-0.15, -0.1) is 5.10 Å². The van der Waals surface area contributed by atoms with Crippen LogP contribution < -0.4 is 10.6 Å². The van der Waals surface area contributed by atoms with Crippen LogP contribution in [0.3, 0.4) is 0 Å². The molecule has 2 aliphatic heterocycles. The van der Waals surface area contributed by atoms with E-state index < -0.39 is 0 Å². The largest absolute Gasteiger partial charge is 0.378 e. The standard InChI is InChI=1S/C15H27N5O/c1-15(11-16)5-7-20(8-6-15)14-17-13(18-19-14)10-12-4-2-3-9-21-12/h12H,2-11,16H2,1H3,(H,17,18,19). The van der Waals surface area contributed by atoms with Gasteiger partial charge in [0.25, 0.3) is 0 Å². The molecule has 1 aromatic rings. The normalized spacial score (nSPS) is 26.0. The molecule has 0 radical (unpaired) electrons. The van der Waals surface area contributed by atoms with Crippen molar-refractivity contribution in [3.05, 3.63) is 5.82 Å². The second-order valence-electron chi connectivity index (χ2n) is 6.78. The Morgan fingerprint density at radius 3 is 2.86 bits per heavy atom. The molecular formula is C15H27N5O. The summed E-state index contributed by atoms with van der Waals surface area (Å²) in [5.41, 5.74) is 6.14. The number of aromatic nitrogens is 3. The van der Waals surface area contributed by atoms with E-state index in [2.05, 4.69) is 27.0 Å². The fourth-order valence-electron chi connectivity index (χ4n) is 3.15. The predicted molar refractivity (Wildman–Crippen MR) is 82.3 cm³/mol. The number of rotatable bonds is 4. The third kappa shape index (κ3) is 3.55. The SMILES string of the molecule is CC1(CN)CCN(c2n[nH]c(CC3CCCCO3)n2)CC1. The lowest BCUT2D eigenvalue weighted by Crippen LogP contribution is -2.42. The van der Waals surface area contributed by atoms with Gasteiger partial charge in [-0.2, -0.15) is 4.98 Å². The van der Waals surface area contributed by atoms with Crippen molar-refractivity contribution in [1.29, 1.82) is 0 Å². The van der Waals surface area contributed by atoms with E-state index in [1.165, 1.54) is 12.8 Å². The lowest BCUT2D eigenvalue weighted by atomic mass is 9.81. The van der Waals surface area contributed by atoms with Gasteiger partial charge in [0.1, 0.15) is 5.82 Å². The molecule has 21 heavy (non-hydrogen) atoms. The molecule has 1 unspecified atom stereocenters. The Hall–Kier alpha value is -1.14. The summed E-state index contributed by atoms with van der Waals surface area (Å²) in [6, 6.07) is 0. The van der Waals surface area contributed by atoms with E-state index in [4.69, 9.17) is 10.5 Å². The van der Waals surface area contributed by atoms with Crippen LogP contribution in [0.1, 0.15) is 44.9 Å². The molecule has 2 fully saturated rings. The van der Waals surface area contributed by atoms with E-state index in [1.54, 1.807) is 0 Å². The molecule has 0 amide bonds. The Labute approximate surface area is 126 Å². The van der Waals surface area contributed by atoms with Gasteiger partial charge in [-0.25, -0.2) is 0 Å². The van der Waals surface area contributed by atoms with Crippen molar-refractivity contribution < 1.29 is 4.74 Å². The van der Waals surface area contributed by atoms with Crippen molar-refractivity contribution in [2.75, 3.05) is 31.1 Å². The predicted octanol–water partition coefficient (Wildman–Crippen LogP) is 1.48. The number of hydrogen-bond acceptors (Lipinski definition) is 5. The molecule has 3 heterocycles. The number of nitrogens with zero attached hydrogens (tertiary/aromatic N) is 3. The molecule has 3 N–H and O–H groups in total. The van der Waals surface area contributed by atoms with Gasteiger partial charge in [0, 0.05) is 26.1 Å². The first kappa shape index (κ1) is 14.8. The molecular weight excluding hydrogens is 266 g/mol. The van der Waals surface area contributed by atoms with E-state index in [0.717, 1.165) is 63.7 Å². The van der Waals surface area contributed by atoms with Crippen LogP contribution in [-0.4, -0.2) is 47.5 Å². The van der Waals surface area contributed by atoms with Crippen molar-refractivity contribution in [2.24, 2.45) is 11.1 Å². The summed E-state index contributed by atoms with van der Waals surface area (Å²) in [6.07, 6.45) is 6.96. The molecule has 3 rings (SSSR count). The first-order valence-corrected chi connectivity index (χ1v) is 8.16. The highest BCUT2D eigenvalue weighted by atomic mass is 16.5. The van der Waals surface area contributed by atoms with Gasteiger partial charge >= 0.3 is 0 Å². The van der Waals surface area contributed by atoms with Gasteiger partial charge in [0.05, 0.1) is 6.10 Å². The highest BCUT2D eigenvalue weighted by Crippen LogP contribution is 2.30. The number of nitrogens with two attached hydrogens (primary N) is 1. The van der Waals surface area contributed by atoms with E-state index in [-0.39, 0.29) is 5.41 Å². The van der Waals surface area contributed by atoms with Crippen molar-refractivity contribution in [3.8, 4) is 0 Å². The minimum Gasteiger partial charge on any atom is -0.378 e. The Morgan fingerprint density at radius 2 is 2.19 bits per heavy atom. The third-order valence-corrected chi connectivity index (χ3v) is 4.96. The van der Waals surface area contributed by atoms with Crippen LogP contribution in [0.2, 0.25) is 0 Å². The van der Waals surface area contributed by atoms with Crippen LogP contribution in [0.15, 0.2) is 0 Å². The minimum absolute atomic E-state index is 0.283. The first-order valence-electron chi connectivity index (χ1n) is 8.16. The Bertz CT molecular complexity index is 447. The van der Waals surface area contributed by atoms with Gasteiger partial charge in [-0.1, -0.05) is 6.92 Å². The molecule has 2 aliphatic rings. The molecule has 6 heteroatoms. The Morgan fingerprint density at radius 1 is 1.38 bits per heavy atom. The zero-order valence-corrected chi connectivity index (χ0v) is 13.0. The van der Waals surface area contributed by atoms with Crippen LogP contribution >= 0.6 is 0 Å². The van der Waals surface area contributed by atoms with Crippen LogP contribution in [0.4, 0.5) is 5.95 Å². The summed E-state index contributed by atoms with van der Waals surface area (Å²) in [6.45, 7) is 5.90. The second kappa shape index (κ2) is 6.32. The molecule has 118 valence electrons. The van der Waals surface area contributed by atoms with E-state index in [1.807, 2.05) is 0 Å². The Balaban J connectivity index is 1.55. The van der Waals surface area contributed by atoms with Crippen LogP contribution in [-0.2, 0) is 11.2 Å². The quantitative estimate of drug-likeness (QED) is 0.879. The molecule has 1 aromatic heterocycles. The van der Waals surface area contributed by atoms with E-state index in [0.29, 0.717) is 6.10 Å². The summed E-state index contributed by atoms with van der Waals surface area (Å²) in [4.78, 5) is 6.91. The maximum absolute atomic E-state index is 5.86. The molecule has 0 spiro atoms. The molecule has 0 bridgehead atoms. The van der Waals surface area contributed by atoms with Crippen molar-refractivity contribution >= 4 is 5.95 Å². The molecule has 6 nitrogen and oxygen atoms in total. The topological polar surface area (TPSA) is 80.1 Å². The maximum Gasteiger partial charge on any atom is 0.244 e. The minimum atomic E-state index is 0.283. The third-order valence-electron chi connectivity index (χ3n) is 4.96. The van der Waals surface area contributed by atoms with E-state index in [9.17, 15) is 0 Å². The van der Waals surface area contributed by atoms with Gasteiger partial charge in [0.2, 0.25) is 5.95 Å². The number of anilines is 1. The number of hydrogen-bond donors (Lipinski definition) is 2. The summed E-state index contributed by atoms with van der Waals surface area (Å²) in [7, 11) is 0. The van der Waals surface area contributed by atoms with Gasteiger partial charge < -0.3 is 15.4 Å². The van der Waals surface area contributed by atoms with Gasteiger partial charge in [0.15, 0.2) is 0 Å². The molecule has 2 saturated heterocycles. The lowest BCUT2D eigenvalue weighted by molar-refractivity contribution is 0.0157. The number of aromatic amines is 1. The summed E-state index contributed by atoms with van der Waals surface area (Å²) < 4.78 is 5.76. The molecule has 1 atom stereocenters. The summed E-state index contributed by atoms with van der Waals surface area (Å²) in [5, 5.41) is 7.46. The second-order valence-corrected chi connectivity index (χ2v) is 6.78. The highest BCUT2D eigenvalue weighted by molar-refractivity contribution is 5.29. The zero-order chi connectivity index (χ0) is 14.7. The van der Waals surface area contributed by atoms with Crippen LogP contribution in [0.25, 0.3) is 0 Å². The number of H-pyrrole nitrogens is 1. The highest BCUT2D eigenvalue weighted by Gasteiger charge is 2.30. The zero-order valence-electron chi connectivity index (χ0n) is 13.0. The van der Waals surface area contributed by atoms with Crippen molar-refractivity contribution in [1.82, 2.24) is 15.2 Å². The fourth-order valence-corrected chi connectivity index (χ4v) is 3.15. The summed E-state index contributed by atoms with van der Waals surface area (Å²) in [5.74, 6) is 1.78. The monoisotopic (exact) mass is 293 g/mol. The Kier molecular flexibility index (Phi) is 4.45. The number of piperidine rings is 1. The maximum atomic E-state index is 5.86. The van der Waals surface area contributed by atoms with Crippen molar-refractivity contribution in [3.63, 3.8) is 0 Å². The smallest absolute Gasteiger partial charge is 0.244 e. The molecule has 0 aliphatic carbocycles. The van der Waals surface area contributed by atoms with Gasteiger partial charge in [-0.3, -0.25) is 5.10 Å². The average Bonchev–Trinajstić information content (AvgIpc) is 2.97. The molecule has 0 aromatic carbocycles. The van der Waals surface area contributed by atoms with Gasteiger partial charge in [-0.05, 0) is 44.1 Å².